The van der Waals surface area contributed by atoms with Crippen molar-refractivity contribution in [3.63, 3.8) is 0 Å². The predicted molar refractivity (Wildman–Crippen MR) is 89.0 cm³/mol. The van der Waals surface area contributed by atoms with Gasteiger partial charge in [-0.1, -0.05) is 27.5 Å². The number of nitro groups is 1. The van der Waals surface area contributed by atoms with Gasteiger partial charge in [-0.05, 0) is 24.3 Å². The van der Waals surface area contributed by atoms with Gasteiger partial charge in [0.2, 0.25) is 0 Å². The van der Waals surface area contributed by atoms with Crippen LogP contribution in [0, 0.1) is 10.1 Å². The smallest absolute Gasteiger partial charge is 0.273 e. The van der Waals surface area contributed by atoms with Crippen molar-refractivity contribution in [1.29, 1.82) is 0 Å². The van der Waals surface area contributed by atoms with Gasteiger partial charge in [-0.2, -0.15) is 5.10 Å². The number of phenolic OH excluding ortho intramolecular Hbond substituents is 1. The fraction of sp³-hybridized carbons (Fsp3) is 0. The minimum absolute atomic E-state index is 0.0143. The van der Waals surface area contributed by atoms with E-state index < -0.39 is 10.8 Å². The third-order valence-corrected chi connectivity index (χ3v) is 3.59. The van der Waals surface area contributed by atoms with Crippen LogP contribution in [0.5, 0.6) is 5.75 Å². The number of carbonyl (C=O) groups excluding carboxylic acids is 1. The predicted octanol–water partition coefficient (Wildman–Crippen LogP) is 3.48. The SMILES string of the molecule is O=C(NN=Cc1cc(Br)ccc1O)c1cc([N+](=O)[O-])ccc1Cl. The third-order valence-electron chi connectivity index (χ3n) is 2.76. The number of hydrogen-bond donors (Lipinski definition) is 2. The van der Waals surface area contributed by atoms with Gasteiger partial charge in [0.1, 0.15) is 5.75 Å². The first-order valence-corrected chi connectivity index (χ1v) is 7.31. The third kappa shape index (κ3) is 4.27. The van der Waals surface area contributed by atoms with Crippen molar-refractivity contribution in [1.82, 2.24) is 5.43 Å². The number of nitrogens with one attached hydrogen (secondary N) is 1. The largest absolute Gasteiger partial charge is 0.507 e. The fourth-order valence-electron chi connectivity index (χ4n) is 1.65. The van der Waals surface area contributed by atoms with Gasteiger partial charge in [0.15, 0.2) is 0 Å². The minimum Gasteiger partial charge on any atom is -0.507 e. The zero-order valence-electron chi connectivity index (χ0n) is 11.4. The highest BCUT2D eigenvalue weighted by molar-refractivity contribution is 9.10. The number of nitro benzene ring substituents is 1. The second-order valence-corrected chi connectivity index (χ2v) is 5.65. The van der Waals surface area contributed by atoms with Gasteiger partial charge < -0.3 is 5.11 Å². The van der Waals surface area contributed by atoms with Crippen molar-refractivity contribution in [2.75, 3.05) is 0 Å². The average Bonchev–Trinajstić information content (AvgIpc) is 2.50. The zero-order valence-corrected chi connectivity index (χ0v) is 13.7. The summed E-state index contributed by atoms with van der Waals surface area (Å²) in [6.45, 7) is 0. The van der Waals surface area contributed by atoms with Crippen molar-refractivity contribution >= 4 is 45.3 Å². The zero-order chi connectivity index (χ0) is 17.0. The van der Waals surface area contributed by atoms with E-state index in [1.165, 1.54) is 24.4 Å². The highest BCUT2D eigenvalue weighted by Gasteiger charge is 2.15. The molecule has 0 radical (unpaired) electrons. The van der Waals surface area contributed by atoms with Gasteiger partial charge >= 0.3 is 0 Å². The average molecular weight is 399 g/mol. The van der Waals surface area contributed by atoms with Crippen LogP contribution in [0.3, 0.4) is 0 Å². The van der Waals surface area contributed by atoms with Crippen molar-refractivity contribution in [2.24, 2.45) is 5.10 Å². The quantitative estimate of drug-likeness (QED) is 0.467. The van der Waals surface area contributed by atoms with Crippen molar-refractivity contribution in [3.8, 4) is 5.75 Å². The summed E-state index contributed by atoms with van der Waals surface area (Å²) in [5.41, 5.74) is 2.25. The highest BCUT2D eigenvalue weighted by atomic mass is 79.9. The molecule has 2 aromatic rings. The number of hydrazone groups is 1. The van der Waals surface area contributed by atoms with Gasteiger partial charge in [-0.15, -0.1) is 0 Å². The molecule has 2 N–H and O–H groups in total. The van der Waals surface area contributed by atoms with Crippen molar-refractivity contribution in [2.45, 2.75) is 0 Å². The van der Waals surface area contributed by atoms with E-state index >= 15 is 0 Å². The number of amides is 1. The summed E-state index contributed by atoms with van der Waals surface area (Å²) in [4.78, 5) is 22.1. The number of non-ortho nitro benzene ring substituents is 1. The Morgan fingerprint density at radius 1 is 1.35 bits per heavy atom. The number of halogens is 2. The number of aromatic hydroxyl groups is 1. The van der Waals surface area contributed by atoms with Crippen LogP contribution in [0.25, 0.3) is 0 Å². The molecule has 0 fully saturated rings. The molecule has 0 aliphatic rings. The molecule has 9 heteroatoms. The lowest BCUT2D eigenvalue weighted by atomic mass is 10.2. The minimum atomic E-state index is -0.704. The molecule has 2 aromatic carbocycles. The number of nitrogens with zero attached hydrogens (tertiary/aromatic N) is 2. The van der Waals surface area contributed by atoms with Crippen molar-refractivity contribution in [3.05, 3.63) is 67.1 Å². The van der Waals surface area contributed by atoms with Crippen LogP contribution in [0.4, 0.5) is 5.69 Å². The topological polar surface area (TPSA) is 105 Å². The molecule has 118 valence electrons. The molecule has 0 heterocycles. The monoisotopic (exact) mass is 397 g/mol. The van der Waals surface area contributed by atoms with Crippen molar-refractivity contribution < 1.29 is 14.8 Å². The summed E-state index contributed by atoms with van der Waals surface area (Å²) in [6.07, 6.45) is 1.24. The van der Waals surface area contributed by atoms with E-state index in [-0.39, 0.29) is 22.0 Å². The second kappa shape index (κ2) is 7.21. The van der Waals surface area contributed by atoms with E-state index in [1.807, 2.05) is 0 Å². The maximum Gasteiger partial charge on any atom is 0.273 e. The van der Waals surface area contributed by atoms with Gasteiger partial charge in [-0.25, -0.2) is 5.43 Å². The highest BCUT2D eigenvalue weighted by Crippen LogP contribution is 2.22. The Bertz CT molecular complexity index is 811. The molecule has 0 unspecified atom stereocenters. The molecule has 0 saturated heterocycles. The van der Waals surface area contributed by atoms with Crippen LogP contribution in [0.1, 0.15) is 15.9 Å². The molecule has 0 bridgehead atoms. The molecule has 0 aromatic heterocycles. The lowest BCUT2D eigenvalue weighted by Gasteiger charge is -2.03. The maximum atomic E-state index is 12.0. The Morgan fingerprint density at radius 2 is 2.09 bits per heavy atom. The van der Waals surface area contributed by atoms with Crippen LogP contribution in [-0.4, -0.2) is 22.2 Å². The molecule has 0 atom stereocenters. The fourth-order valence-corrected chi connectivity index (χ4v) is 2.23. The molecule has 1 amide bonds. The summed E-state index contributed by atoms with van der Waals surface area (Å²) < 4.78 is 0.727. The van der Waals surface area contributed by atoms with Crippen LogP contribution in [0.15, 0.2) is 46.0 Å². The lowest BCUT2D eigenvalue weighted by molar-refractivity contribution is -0.384. The van der Waals surface area contributed by atoms with Crippen LogP contribution < -0.4 is 5.43 Å². The number of benzene rings is 2. The first-order chi connectivity index (χ1) is 10.9. The number of phenols is 1. The molecule has 2 rings (SSSR count). The Balaban J connectivity index is 2.16. The number of rotatable bonds is 4. The standard InChI is InChI=1S/C14H9BrClN3O4/c15-9-1-4-13(20)8(5-9)7-17-18-14(21)11-6-10(19(22)23)2-3-12(11)16/h1-7,20H,(H,18,21). The van der Waals surface area contributed by atoms with E-state index in [4.69, 9.17) is 11.6 Å². The van der Waals surface area contributed by atoms with Crippen LogP contribution in [-0.2, 0) is 0 Å². The summed E-state index contributed by atoms with van der Waals surface area (Å²) >= 11 is 9.10. The molecule has 0 aliphatic carbocycles. The Hall–Kier alpha value is -2.45. The Morgan fingerprint density at radius 3 is 2.78 bits per heavy atom. The summed E-state index contributed by atoms with van der Waals surface area (Å²) in [5, 5.41) is 24.1. The maximum absolute atomic E-state index is 12.0. The molecule has 0 spiro atoms. The van der Waals surface area contributed by atoms with E-state index in [0.717, 1.165) is 10.5 Å². The van der Waals surface area contributed by atoms with Crippen LogP contribution in [0.2, 0.25) is 5.02 Å². The summed E-state index contributed by atoms with van der Waals surface area (Å²) in [5.74, 6) is -0.719. The normalized spacial score (nSPS) is 10.7. The van der Waals surface area contributed by atoms with Crippen LogP contribution >= 0.6 is 27.5 Å². The molecule has 23 heavy (non-hydrogen) atoms. The first-order valence-electron chi connectivity index (χ1n) is 6.14. The Labute approximate surface area is 143 Å². The van der Waals surface area contributed by atoms with Gasteiger partial charge in [0, 0.05) is 22.2 Å². The molecule has 0 aliphatic heterocycles. The lowest BCUT2D eigenvalue weighted by Crippen LogP contribution is -2.18. The number of carbonyl (C=O) groups is 1. The van der Waals surface area contributed by atoms with Gasteiger partial charge in [0.05, 0.1) is 21.7 Å². The van der Waals surface area contributed by atoms with Gasteiger partial charge in [0.25, 0.3) is 11.6 Å². The van der Waals surface area contributed by atoms with Gasteiger partial charge in [-0.3, -0.25) is 14.9 Å². The summed E-state index contributed by atoms with van der Waals surface area (Å²) in [7, 11) is 0. The van der Waals surface area contributed by atoms with E-state index in [0.29, 0.717) is 5.56 Å². The Kier molecular flexibility index (Phi) is 5.30. The first kappa shape index (κ1) is 16.9. The number of hydrogen-bond acceptors (Lipinski definition) is 5. The molecular formula is C14H9BrClN3O4. The van der Waals surface area contributed by atoms with E-state index in [9.17, 15) is 20.0 Å². The van der Waals surface area contributed by atoms with E-state index in [2.05, 4.69) is 26.5 Å². The second-order valence-electron chi connectivity index (χ2n) is 4.32. The molecule has 0 saturated carbocycles. The molecule has 7 nitrogen and oxygen atoms in total. The summed E-state index contributed by atoms with van der Waals surface area (Å²) in [6, 6.07) is 8.23. The molecular weight excluding hydrogens is 390 g/mol. The van der Waals surface area contributed by atoms with E-state index in [1.54, 1.807) is 12.1 Å².